The number of carbonyl (C=O) groups excluding carboxylic acids is 2. The van der Waals surface area contributed by atoms with Gasteiger partial charge in [0, 0.05) is 5.69 Å². The van der Waals surface area contributed by atoms with Gasteiger partial charge >= 0.3 is 0 Å². The number of methoxy groups -OCH3 is 1. The molecule has 0 unspecified atom stereocenters. The number of hydrogen-bond acceptors (Lipinski definition) is 4. The number of halogens is 1. The first kappa shape index (κ1) is 16.4. The zero-order chi connectivity index (χ0) is 16.8. The number of rotatable bonds is 5. The smallest absolute Gasteiger partial charge is 0.258 e. The Morgan fingerprint density at radius 1 is 1.17 bits per heavy atom. The molecule has 2 rings (SSSR count). The Labute approximate surface area is 132 Å². The molecule has 2 amide bonds. The highest BCUT2D eigenvalue weighted by Crippen LogP contribution is 2.28. The van der Waals surface area contributed by atoms with Crippen molar-refractivity contribution in [3.63, 3.8) is 0 Å². The van der Waals surface area contributed by atoms with Gasteiger partial charge in [0.1, 0.15) is 11.6 Å². The number of anilines is 2. The quantitative estimate of drug-likeness (QED) is 0.786. The minimum absolute atomic E-state index is 0.0733. The Morgan fingerprint density at radius 3 is 2.57 bits per heavy atom. The Bertz CT molecular complexity index is 734. The maximum absolute atomic E-state index is 13.6. The van der Waals surface area contributed by atoms with Gasteiger partial charge in [0.15, 0.2) is 0 Å². The van der Waals surface area contributed by atoms with Crippen LogP contribution in [0.1, 0.15) is 10.4 Å². The zero-order valence-electron chi connectivity index (χ0n) is 12.4. The Kier molecular flexibility index (Phi) is 5.27. The van der Waals surface area contributed by atoms with E-state index >= 15 is 0 Å². The highest BCUT2D eigenvalue weighted by atomic mass is 19.1. The molecule has 4 N–H and O–H groups in total. The van der Waals surface area contributed by atoms with Crippen molar-refractivity contribution in [3.8, 4) is 5.75 Å². The molecule has 7 heteroatoms. The lowest BCUT2D eigenvalue weighted by Crippen LogP contribution is -2.22. The van der Waals surface area contributed by atoms with Crippen LogP contribution in [0, 0.1) is 5.82 Å². The number of hydrogen-bond donors (Lipinski definition) is 3. The summed E-state index contributed by atoms with van der Waals surface area (Å²) < 4.78 is 18.7. The lowest BCUT2D eigenvalue weighted by atomic mass is 10.2. The summed E-state index contributed by atoms with van der Waals surface area (Å²) in [5.74, 6) is -1.20. The minimum atomic E-state index is -0.616. The van der Waals surface area contributed by atoms with Crippen molar-refractivity contribution >= 4 is 23.2 Å². The van der Waals surface area contributed by atoms with Gasteiger partial charge in [-0.3, -0.25) is 9.59 Å². The van der Waals surface area contributed by atoms with Crippen LogP contribution in [0.15, 0.2) is 42.5 Å². The standard InChI is InChI=1S/C16H16FN3O3/c1-23-14-7-6-10(8-13(14)20-15(21)9-18)19-16(22)11-4-2-3-5-12(11)17/h2-8H,9,18H2,1H3,(H,19,22)(H,20,21). The fourth-order valence-corrected chi connectivity index (χ4v) is 1.93. The van der Waals surface area contributed by atoms with E-state index in [0.29, 0.717) is 17.1 Å². The molecule has 0 heterocycles. The Balaban J connectivity index is 2.23. The summed E-state index contributed by atoms with van der Waals surface area (Å²) in [6.45, 7) is -0.186. The first-order valence-electron chi connectivity index (χ1n) is 6.79. The van der Waals surface area contributed by atoms with Crippen molar-refractivity contribution in [3.05, 3.63) is 53.8 Å². The van der Waals surface area contributed by atoms with Gasteiger partial charge in [0.05, 0.1) is 24.9 Å². The third kappa shape index (κ3) is 4.04. The fraction of sp³-hybridized carbons (Fsp3) is 0.125. The molecule has 6 nitrogen and oxygen atoms in total. The van der Waals surface area contributed by atoms with Gasteiger partial charge in [0.25, 0.3) is 5.91 Å². The Hall–Kier alpha value is -2.93. The summed E-state index contributed by atoms with van der Waals surface area (Å²) in [5, 5.41) is 5.13. The van der Waals surface area contributed by atoms with Crippen molar-refractivity contribution in [1.29, 1.82) is 0 Å². The largest absolute Gasteiger partial charge is 0.495 e. The molecule has 0 fully saturated rings. The van der Waals surface area contributed by atoms with E-state index in [0.717, 1.165) is 0 Å². The SMILES string of the molecule is COc1ccc(NC(=O)c2ccccc2F)cc1NC(=O)CN. The van der Waals surface area contributed by atoms with Gasteiger partial charge in [-0.1, -0.05) is 12.1 Å². The molecule has 23 heavy (non-hydrogen) atoms. The summed E-state index contributed by atoms with van der Waals surface area (Å²) >= 11 is 0. The molecule has 0 saturated carbocycles. The van der Waals surface area contributed by atoms with Crippen LogP contribution in [0.4, 0.5) is 15.8 Å². The third-order valence-corrected chi connectivity index (χ3v) is 3.04. The highest BCUT2D eigenvalue weighted by Gasteiger charge is 2.13. The number of nitrogens with two attached hydrogens (primary N) is 1. The van der Waals surface area contributed by atoms with Crippen LogP contribution in [0.5, 0.6) is 5.75 Å². The third-order valence-electron chi connectivity index (χ3n) is 3.04. The van der Waals surface area contributed by atoms with Crippen LogP contribution < -0.4 is 21.1 Å². The normalized spacial score (nSPS) is 10.0. The van der Waals surface area contributed by atoms with Gasteiger partial charge < -0.3 is 21.1 Å². The maximum atomic E-state index is 13.6. The van der Waals surface area contributed by atoms with Crippen LogP contribution in [0.2, 0.25) is 0 Å². The summed E-state index contributed by atoms with van der Waals surface area (Å²) in [6.07, 6.45) is 0. The van der Waals surface area contributed by atoms with Crippen LogP contribution in [0.25, 0.3) is 0 Å². The monoisotopic (exact) mass is 317 g/mol. The fourth-order valence-electron chi connectivity index (χ4n) is 1.93. The van der Waals surface area contributed by atoms with Crippen molar-refractivity contribution < 1.29 is 18.7 Å². The minimum Gasteiger partial charge on any atom is -0.495 e. The van der Waals surface area contributed by atoms with Gasteiger partial charge in [0.2, 0.25) is 5.91 Å². The molecule has 2 aromatic rings. The number of nitrogens with one attached hydrogen (secondary N) is 2. The molecule has 0 aromatic heterocycles. The van der Waals surface area contributed by atoms with E-state index in [1.165, 1.54) is 31.4 Å². The van der Waals surface area contributed by atoms with E-state index in [9.17, 15) is 14.0 Å². The van der Waals surface area contributed by atoms with Crippen molar-refractivity contribution in [2.75, 3.05) is 24.3 Å². The maximum Gasteiger partial charge on any atom is 0.258 e. The molecule has 0 aliphatic heterocycles. The summed E-state index contributed by atoms with van der Waals surface area (Å²) in [5.41, 5.74) is 5.92. The van der Waals surface area contributed by atoms with E-state index < -0.39 is 17.6 Å². The number of carbonyl (C=O) groups is 2. The van der Waals surface area contributed by atoms with Crippen LogP contribution in [-0.2, 0) is 4.79 Å². The molecule has 0 bridgehead atoms. The molecule has 0 aliphatic carbocycles. The predicted octanol–water partition coefficient (Wildman–Crippen LogP) is 1.98. The lowest BCUT2D eigenvalue weighted by Gasteiger charge is -2.12. The van der Waals surface area contributed by atoms with E-state index in [4.69, 9.17) is 10.5 Å². The molecule has 0 saturated heterocycles. The summed E-state index contributed by atoms with van der Waals surface area (Å²) in [7, 11) is 1.45. The van der Waals surface area contributed by atoms with E-state index in [1.54, 1.807) is 18.2 Å². The number of ether oxygens (including phenoxy) is 1. The van der Waals surface area contributed by atoms with Gasteiger partial charge in [-0.15, -0.1) is 0 Å². The second-order valence-electron chi connectivity index (χ2n) is 4.60. The van der Waals surface area contributed by atoms with Crippen LogP contribution >= 0.6 is 0 Å². The lowest BCUT2D eigenvalue weighted by molar-refractivity contribution is -0.114. The molecule has 0 spiro atoms. The Morgan fingerprint density at radius 2 is 1.91 bits per heavy atom. The topological polar surface area (TPSA) is 93.5 Å². The average molecular weight is 317 g/mol. The number of benzene rings is 2. The van der Waals surface area contributed by atoms with Gasteiger partial charge in [-0.2, -0.15) is 0 Å². The molecular weight excluding hydrogens is 301 g/mol. The molecular formula is C16H16FN3O3. The summed E-state index contributed by atoms with van der Waals surface area (Å²) in [6, 6.07) is 10.3. The predicted molar refractivity (Wildman–Crippen MR) is 85.0 cm³/mol. The van der Waals surface area contributed by atoms with Crippen molar-refractivity contribution in [2.24, 2.45) is 5.73 Å². The molecule has 0 radical (unpaired) electrons. The van der Waals surface area contributed by atoms with E-state index in [1.807, 2.05) is 0 Å². The van der Waals surface area contributed by atoms with Gasteiger partial charge in [-0.05, 0) is 30.3 Å². The van der Waals surface area contributed by atoms with Crippen LogP contribution in [0.3, 0.4) is 0 Å². The first-order valence-corrected chi connectivity index (χ1v) is 6.79. The first-order chi connectivity index (χ1) is 11.0. The van der Waals surface area contributed by atoms with E-state index in [2.05, 4.69) is 10.6 Å². The zero-order valence-corrected chi connectivity index (χ0v) is 12.4. The molecule has 120 valence electrons. The molecule has 2 aromatic carbocycles. The average Bonchev–Trinajstić information content (AvgIpc) is 2.55. The van der Waals surface area contributed by atoms with Crippen LogP contribution in [-0.4, -0.2) is 25.5 Å². The second kappa shape index (κ2) is 7.37. The van der Waals surface area contributed by atoms with Crippen molar-refractivity contribution in [1.82, 2.24) is 0 Å². The highest BCUT2D eigenvalue weighted by molar-refractivity contribution is 6.05. The van der Waals surface area contributed by atoms with E-state index in [-0.39, 0.29) is 12.1 Å². The second-order valence-corrected chi connectivity index (χ2v) is 4.60. The molecule has 0 aliphatic rings. The van der Waals surface area contributed by atoms with Gasteiger partial charge in [-0.25, -0.2) is 4.39 Å². The van der Waals surface area contributed by atoms with Crippen molar-refractivity contribution in [2.45, 2.75) is 0 Å². The molecule has 0 atom stereocenters. The summed E-state index contributed by atoms with van der Waals surface area (Å²) in [4.78, 5) is 23.5. The number of amides is 2.